The van der Waals surface area contributed by atoms with Gasteiger partial charge < -0.3 is 9.72 Å². The van der Waals surface area contributed by atoms with Gasteiger partial charge in [0, 0.05) is 35.9 Å². The number of aromatic nitrogens is 8. The topological polar surface area (TPSA) is 118 Å². The zero-order chi connectivity index (χ0) is 25.3. The summed E-state index contributed by atoms with van der Waals surface area (Å²) in [6.07, 6.45) is 8.75. The average Bonchev–Trinajstić information content (AvgIpc) is 3.61. The third kappa shape index (κ3) is 4.01. The molecule has 0 aliphatic rings. The maximum absolute atomic E-state index is 5.97. The van der Waals surface area contributed by atoms with Crippen molar-refractivity contribution < 1.29 is 4.74 Å². The van der Waals surface area contributed by atoms with Gasteiger partial charge in [0.2, 0.25) is 0 Å². The maximum Gasteiger partial charge on any atom is 0.161 e. The number of nitrogens with one attached hydrogen (secondary N) is 2. The molecule has 0 radical (unpaired) electrons. The maximum atomic E-state index is 5.97. The van der Waals surface area contributed by atoms with Crippen molar-refractivity contribution in [1.29, 1.82) is 0 Å². The number of H-pyrrole nitrogens is 2. The Hall–Kier alpha value is -5.44. The Balaban J connectivity index is 1.24. The van der Waals surface area contributed by atoms with Crippen molar-refractivity contribution in [2.24, 2.45) is 0 Å². The van der Waals surface area contributed by atoms with E-state index in [9.17, 15) is 0 Å². The van der Waals surface area contributed by atoms with Crippen LogP contribution in [-0.4, -0.2) is 40.1 Å². The first-order valence-electron chi connectivity index (χ1n) is 12.0. The molecule has 0 aliphatic carbocycles. The van der Waals surface area contributed by atoms with Crippen LogP contribution in [0.5, 0.6) is 5.75 Å². The lowest BCUT2D eigenvalue weighted by Gasteiger charge is -2.08. The van der Waals surface area contributed by atoms with Gasteiger partial charge in [-0.2, -0.15) is 5.10 Å². The van der Waals surface area contributed by atoms with Crippen molar-refractivity contribution in [2.75, 3.05) is 0 Å². The van der Waals surface area contributed by atoms with Gasteiger partial charge in [-0.15, -0.1) is 0 Å². The highest BCUT2D eigenvalue weighted by atomic mass is 16.5. The smallest absolute Gasteiger partial charge is 0.161 e. The van der Waals surface area contributed by atoms with Gasteiger partial charge in [-0.05, 0) is 42.0 Å². The fraction of sp³-hybridized carbons (Fsp3) is 0.0345. The predicted octanol–water partition coefficient (Wildman–Crippen LogP) is 5.60. The summed E-state index contributed by atoms with van der Waals surface area (Å²) in [6.45, 7) is 0.465. The summed E-state index contributed by atoms with van der Waals surface area (Å²) in [7, 11) is 0. The summed E-state index contributed by atoms with van der Waals surface area (Å²) < 4.78 is 5.97. The van der Waals surface area contributed by atoms with Crippen LogP contribution in [-0.2, 0) is 6.61 Å². The molecule has 7 aromatic rings. The van der Waals surface area contributed by atoms with Gasteiger partial charge >= 0.3 is 0 Å². The van der Waals surface area contributed by atoms with Crippen LogP contribution in [0.2, 0.25) is 0 Å². The van der Waals surface area contributed by atoms with E-state index in [2.05, 4.69) is 30.1 Å². The van der Waals surface area contributed by atoms with Crippen LogP contribution in [0.25, 0.3) is 56.1 Å². The van der Waals surface area contributed by atoms with Crippen molar-refractivity contribution in [2.45, 2.75) is 6.61 Å². The normalized spacial score (nSPS) is 11.3. The minimum absolute atomic E-state index is 0.465. The van der Waals surface area contributed by atoms with Crippen molar-refractivity contribution in [1.82, 2.24) is 40.1 Å². The van der Waals surface area contributed by atoms with Crippen molar-refractivity contribution in [3.63, 3.8) is 0 Å². The lowest BCUT2D eigenvalue weighted by atomic mass is 10.1. The average molecular weight is 497 g/mol. The number of benzene rings is 1. The van der Waals surface area contributed by atoms with Crippen LogP contribution in [0.1, 0.15) is 5.56 Å². The van der Waals surface area contributed by atoms with E-state index in [1.54, 1.807) is 31.0 Å². The van der Waals surface area contributed by atoms with Crippen LogP contribution in [0.3, 0.4) is 0 Å². The highest BCUT2D eigenvalue weighted by molar-refractivity contribution is 5.94. The molecule has 0 fully saturated rings. The molecule has 0 unspecified atom stereocenters. The second-order valence-corrected chi connectivity index (χ2v) is 8.73. The summed E-state index contributed by atoms with van der Waals surface area (Å²) in [4.78, 5) is 26.3. The molecule has 6 aromatic heterocycles. The largest absolute Gasteiger partial charge is 0.487 e. The Morgan fingerprint density at radius 2 is 1.61 bits per heavy atom. The third-order valence-corrected chi connectivity index (χ3v) is 6.23. The first-order chi connectivity index (χ1) is 18.8. The molecule has 7 rings (SSSR count). The number of imidazole rings is 1. The van der Waals surface area contributed by atoms with E-state index in [-0.39, 0.29) is 0 Å². The summed E-state index contributed by atoms with van der Waals surface area (Å²) in [6, 6.07) is 21.6. The molecule has 2 N–H and O–H groups in total. The second kappa shape index (κ2) is 9.21. The van der Waals surface area contributed by atoms with Crippen molar-refractivity contribution >= 4 is 22.1 Å². The number of nitrogens with zero attached hydrogens (tertiary/aromatic N) is 6. The number of hydrogen-bond acceptors (Lipinski definition) is 7. The molecule has 1 aromatic carbocycles. The molecule has 0 saturated carbocycles. The Morgan fingerprint density at radius 1 is 0.711 bits per heavy atom. The standard InChI is InChI=1S/C29H20N8O/c1-2-5-18(6-3-1)17-38-21-13-20(15-31-16-21)22-8-9-24-27(33-22)28(37-36-24)29-34-23-10-12-32-25(26(23)35-29)19-7-4-11-30-14-19/h1-16H,17H2,(H,34,35)(H,36,37). The monoisotopic (exact) mass is 496 g/mol. The molecule has 0 spiro atoms. The SMILES string of the molecule is c1ccc(COc2cncc(-c3ccc4[nH]nc(-c5nc6c(-c7cccnc7)nccc6[nH]5)c4n3)c2)cc1. The third-order valence-electron chi connectivity index (χ3n) is 6.23. The number of ether oxygens (including phenoxy) is 1. The zero-order valence-electron chi connectivity index (χ0n) is 20.0. The van der Waals surface area contributed by atoms with Gasteiger partial charge in [0.1, 0.15) is 23.4 Å². The number of pyridine rings is 4. The highest BCUT2D eigenvalue weighted by Crippen LogP contribution is 2.31. The Labute approximate surface area is 216 Å². The van der Waals surface area contributed by atoms with Gasteiger partial charge in [-0.1, -0.05) is 30.3 Å². The Morgan fingerprint density at radius 3 is 2.50 bits per heavy atom. The fourth-order valence-electron chi connectivity index (χ4n) is 4.37. The van der Waals surface area contributed by atoms with Crippen LogP contribution in [0, 0.1) is 0 Å². The summed E-state index contributed by atoms with van der Waals surface area (Å²) in [5, 5.41) is 7.59. The minimum Gasteiger partial charge on any atom is -0.487 e. The zero-order valence-corrected chi connectivity index (χ0v) is 20.0. The molecule has 38 heavy (non-hydrogen) atoms. The van der Waals surface area contributed by atoms with Gasteiger partial charge in [0.05, 0.1) is 28.6 Å². The van der Waals surface area contributed by atoms with E-state index in [4.69, 9.17) is 14.7 Å². The van der Waals surface area contributed by atoms with E-state index >= 15 is 0 Å². The van der Waals surface area contributed by atoms with Crippen LogP contribution >= 0.6 is 0 Å². The second-order valence-electron chi connectivity index (χ2n) is 8.73. The molecule has 0 atom stereocenters. The molecule has 0 aliphatic heterocycles. The lowest BCUT2D eigenvalue weighted by molar-refractivity contribution is 0.305. The van der Waals surface area contributed by atoms with E-state index in [0.29, 0.717) is 29.4 Å². The van der Waals surface area contributed by atoms with Gasteiger partial charge in [0.25, 0.3) is 0 Å². The van der Waals surface area contributed by atoms with Crippen LogP contribution in [0.15, 0.2) is 97.7 Å². The minimum atomic E-state index is 0.465. The fourth-order valence-corrected chi connectivity index (χ4v) is 4.37. The molecule has 9 nitrogen and oxygen atoms in total. The van der Waals surface area contributed by atoms with E-state index in [0.717, 1.165) is 44.6 Å². The first-order valence-corrected chi connectivity index (χ1v) is 12.0. The summed E-state index contributed by atoms with van der Waals surface area (Å²) in [5.41, 5.74) is 8.07. The predicted molar refractivity (Wildman–Crippen MR) is 144 cm³/mol. The lowest BCUT2D eigenvalue weighted by Crippen LogP contribution is -1.96. The number of fused-ring (bicyclic) bond motifs is 2. The first kappa shape index (κ1) is 21.8. The van der Waals surface area contributed by atoms with Gasteiger partial charge in [0.15, 0.2) is 11.5 Å². The van der Waals surface area contributed by atoms with Gasteiger partial charge in [-0.3, -0.25) is 20.1 Å². The van der Waals surface area contributed by atoms with Crippen molar-refractivity contribution in [3.8, 4) is 39.8 Å². The van der Waals surface area contributed by atoms with Gasteiger partial charge in [-0.25, -0.2) is 9.97 Å². The van der Waals surface area contributed by atoms with Crippen molar-refractivity contribution in [3.05, 3.63) is 103 Å². The Bertz CT molecular complexity index is 1880. The van der Waals surface area contributed by atoms with E-state index < -0.39 is 0 Å². The number of hydrogen-bond donors (Lipinski definition) is 2. The molecular weight excluding hydrogens is 476 g/mol. The molecule has 6 heterocycles. The van der Waals surface area contributed by atoms with Crippen LogP contribution < -0.4 is 4.74 Å². The van der Waals surface area contributed by atoms with E-state index in [1.165, 1.54) is 0 Å². The molecule has 9 heteroatoms. The summed E-state index contributed by atoms with van der Waals surface area (Å²) in [5.74, 6) is 1.28. The number of aromatic amines is 2. The molecule has 0 saturated heterocycles. The molecule has 182 valence electrons. The molecular formula is C29H20N8O. The molecule has 0 amide bonds. The Kier molecular flexibility index (Phi) is 5.29. The quantitative estimate of drug-likeness (QED) is 0.308. The molecule has 0 bridgehead atoms. The van der Waals surface area contributed by atoms with E-state index in [1.807, 2.05) is 66.7 Å². The highest BCUT2D eigenvalue weighted by Gasteiger charge is 2.17. The number of rotatable bonds is 6. The summed E-state index contributed by atoms with van der Waals surface area (Å²) >= 11 is 0. The van der Waals surface area contributed by atoms with Crippen LogP contribution in [0.4, 0.5) is 0 Å².